The van der Waals surface area contributed by atoms with E-state index in [9.17, 15) is 9.90 Å². The van der Waals surface area contributed by atoms with Crippen molar-refractivity contribution in [1.29, 1.82) is 5.26 Å². The van der Waals surface area contributed by atoms with Crippen LogP contribution in [0.1, 0.15) is 16.7 Å². The number of hydrogen-bond donors (Lipinski definition) is 2. The molecule has 1 aliphatic rings. The van der Waals surface area contributed by atoms with E-state index in [4.69, 9.17) is 5.26 Å². The van der Waals surface area contributed by atoms with E-state index in [2.05, 4.69) is 56.6 Å². The molecule has 4 nitrogen and oxygen atoms in total. The number of phenolic OH excluding ortho intramolecular Hbond substituents is 1. The predicted molar refractivity (Wildman–Crippen MR) is 101 cm³/mol. The Morgan fingerprint density at radius 3 is 2.50 bits per heavy atom. The number of nitriles is 1. The summed E-state index contributed by atoms with van der Waals surface area (Å²) >= 11 is 4.11. The SMILES string of the molecule is N#Cc1ccc2c(c1)NC(=O)/C2=C\c1cc(I)c(O)c(I)c1. The normalized spacial score (nSPS) is 14.6. The summed E-state index contributed by atoms with van der Waals surface area (Å²) in [5, 5.41) is 21.5. The van der Waals surface area contributed by atoms with Crippen LogP contribution in [0.4, 0.5) is 5.69 Å². The molecule has 2 aromatic rings. The molecule has 0 spiro atoms. The van der Waals surface area contributed by atoms with Gasteiger partial charge >= 0.3 is 0 Å². The van der Waals surface area contributed by atoms with Gasteiger partial charge in [0.25, 0.3) is 5.91 Å². The van der Waals surface area contributed by atoms with E-state index in [0.717, 1.165) is 18.3 Å². The molecule has 0 saturated heterocycles. The molecule has 0 radical (unpaired) electrons. The van der Waals surface area contributed by atoms with Gasteiger partial charge in [-0.05, 0) is 81.1 Å². The molecule has 0 fully saturated rings. The lowest BCUT2D eigenvalue weighted by molar-refractivity contribution is -0.110. The van der Waals surface area contributed by atoms with Crippen LogP contribution in [0.25, 0.3) is 11.6 Å². The van der Waals surface area contributed by atoms with Crippen LogP contribution in [0.15, 0.2) is 30.3 Å². The second-order valence-corrected chi connectivity index (χ2v) is 7.04. The number of hydrogen-bond acceptors (Lipinski definition) is 3. The van der Waals surface area contributed by atoms with Crippen molar-refractivity contribution in [1.82, 2.24) is 0 Å². The Labute approximate surface area is 154 Å². The maximum absolute atomic E-state index is 12.2. The highest BCUT2D eigenvalue weighted by atomic mass is 127. The fourth-order valence-electron chi connectivity index (χ4n) is 2.24. The molecule has 0 unspecified atom stereocenters. The molecule has 6 heteroatoms. The number of carbonyl (C=O) groups is 1. The number of amides is 1. The van der Waals surface area contributed by atoms with E-state index in [1.165, 1.54) is 0 Å². The molecule has 1 heterocycles. The first-order chi connectivity index (χ1) is 10.5. The molecule has 0 bridgehead atoms. The van der Waals surface area contributed by atoms with Gasteiger partial charge in [-0.15, -0.1) is 0 Å². The first-order valence-corrected chi connectivity index (χ1v) is 8.41. The number of anilines is 1. The molecule has 2 aromatic carbocycles. The lowest BCUT2D eigenvalue weighted by Gasteiger charge is -2.04. The van der Waals surface area contributed by atoms with Crippen LogP contribution in [0.2, 0.25) is 0 Å². The Kier molecular flexibility index (Phi) is 4.10. The number of halogens is 2. The smallest absolute Gasteiger partial charge is 0.256 e. The summed E-state index contributed by atoms with van der Waals surface area (Å²) in [6.45, 7) is 0. The minimum atomic E-state index is -0.191. The fourth-order valence-corrected chi connectivity index (χ4v) is 4.06. The summed E-state index contributed by atoms with van der Waals surface area (Å²) < 4.78 is 1.46. The highest BCUT2D eigenvalue weighted by molar-refractivity contribution is 14.1. The van der Waals surface area contributed by atoms with Gasteiger partial charge in [0, 0.05) is 11.1 Å². The molecule has 1 amide bonds. The summed E-state index contributed by atoms with van der Waals surface area (Å²) in [4.78, 5) is 12.2. The molecular formula is C16H8I2N2O2. The zero-order valence-electron chi connectivity index (χ0n) is 11.0. The van der Waals surface area contributed by atoms with Crippen LogP contribution in [0.3, 0.4) is 0 Å². The highest BCUT2D eigenvalue weighted by Gasteiger charge is 2.24. The third-order valence-corrected chi connectivity index (χ3v) is 4.93. The van der Waals surface area contributed by atoms with E-state index < -0.39 is 0 Å². The average molecular weight is 514 g/mol. The van der Waals surface area contributed by atoms with Crippen LogP contribution < -0.4 is 5.32 Å². The lowest BCUT2D eigenvalue weighted by Crippen LogP contribution is -2.03. The van der Waals surface area contributed by atoms with Crippen molar-refractivity contribution in [3.63, 3.8) is 0 Å². The summed E-state index contributed by atoms with van der Waals surface area (Å²) in [5.41, 5.74) is 3.33. The first kappa shape index (κ1) is 15.3. The molecular weight excluding hydrogens is 506 g/mol. The quantitative estimate of drug-likeness (QED) is 0.448. The fraction of sp³-hybridized carbons (Fsp3) is 0. The zero-order valence-corrected chi connectivity index (χ0v) is 15.3. The molecule has 0 aromatic heterocycles. The summed E-state index contributed by atoms with van der Waals surface area (Å²) in [5.74, 6) is 0.0569. The van der Waals surface area contributed by atoms with Crippen LogP contribution in [0.5, 0.6) is 5.75 Å². The Balaban J connectivity index is 2.10. The third kappa shape index (κ3) is 2.70. The van der Waals surface area contributed by atoms with Crippen LogP contribution in [0, 0.1) is 18.5 Å². The van der Waals surface area contributed by atoms with Gasteiger partial charge in [0.05, 0.1) is 24.5 Å². The first-order valence-electron chi connectivity index (χ1n) is 6.25. The second-order valence-electron chi connectivity index (χ2n) is 4.72. The average Bonchev–Trinajstić information content (AvgIpc) is 2.79. The topological polar surface area (TPSA) is 73.1 Å². The van der Waals surface area contributed by atoms with Crippen molar-refractivity contribution in [2.45, 2.75) is 0 Å². The molecule has 1 aliphatic heterocycles. The van der Waals surface area contributed by atoms with Crippen molar-refractivity contribution in [3.8, 4) is 11.8 Å². The highest BCUT2D eigenvalue weighted by Crippen LogP contribution is 2.35. The molecule has 3 rings (SSSR count). The van der Waals surface area contributed by atoms with Gasteiger partial charge in [-0.1, -0.05) is 6.07 Å². The largest absolute Gasteiger partial charge is 0.506 e. The van der Waals surface area contributed by atoms with Gasteiger partial charge in [0.1, 0.15) is 5.75 Å². The molecule has 22 heavy (non-hydrogen) atoms. The standard InChI is InChI=1S/C16H8I2N2O2/c17-12-4-9(5-13(18)15(12)21)3-11-10-2-1-8(7-19)6-14(10)20-16(11)22/h1-6,21H,(H,20,22)/b11-3-. The van der Waals surface area contributed by atoms with E-state index in [1.54, 1.807) is 24.3 Å². The van der Waals surface area contributed by atoms with Crippen LogP contribution >= 0.6 is 45.2 Å². The summed E-state index contributed by atoms with van der Waals surface area (Å²) in [6.07, 6.45) is 1.79. The van der Waals surface area contributed by atoms with Crippen molar-refractivity contribution < 1.29 is 9.90 Å². The Hall–Kier alpha value is -1.60. The summed E-state index contributed by atoms with van der Waals surface area (Å²) in [6, 6.07) is 10.8. The molecule has 0 aliphatic carbocycles. The Morgan fingerprint density at radius 1 is 1.18 bits per heavy atom. The van der Waals surface area contributed by atoms with Gasteiger partial charge in [-0.3, -0.25) is 4.79 Å². The number of rotatable bonds is 1. The lowest BCUT2D eigenvalue weighted by atomic mass is 10.0. The van der Waals surface area contributed by atoms with E-state index >= 15 is 0 Å². The van der Waals surface area contributed by atoms with Crippen molar-refractivity contribution in [2.75, 3.05) is 5.32 Å². The molecule has 108 valence electrons. The predicted octanol–water partition coefficient (Wildman–Crippen LogP) is 3.97. The monoisotopic (exact) mass is 514 g/mol. The van der Waals surface area contributed by atoms with Gasteiger partial charge in [0.2, 0.25) is 0 Å². The number of nitrogens with zero attached hydrogens (tertiary/aromatic N) is 1. The number of carbonyl (C=O) groups excluding carboxylic acids is 1. The van der Waals surface area contributed by atoms with Gasteiger partial charge in [-0.2, -0.15) is 5.26 Å². The van der Waals surface area contributed by atoms with E-state index in [1.807, 2.05) is 12.1 Å². The number of benzene rings is 2. The van der Waals surface area contributed by atoms with E-state index in [-0.39, 0.29) is 11.7 Å². The summed E-state index contributed by atoms with van der Waals surface area (Å²) in [7, 11) is 0. The maximum Gasteiger partial charge on any atom is 0.256 e. The van der Waals surface area contributed by atoms with Crippen LogP contribution in [-0.2, 0) is 4.79 Å². The van der Waals surface area contributed by atoms with Crippen molar-refractivity contribution in [3.05, 3.63) is 54.2 Å². The zero-order chi connectivity index (χ0) is 15.9. The second kappa shape index (κ2) is 5.89. The van der Waals surface area contributed by atoms with Crippen molar-refractivity contribution in [2.24, 2.45) is 0 Å². The van der Waals surface area contributed by atoms with Crippen molar-refractivity contribution >= 4 is 68.4 Å². The minimum Gasteiger partial charge on any atom is -0.506 e. The minimum absolute atomic E-state index is 0.191. The number of phenols is 1. The van der Waals surface area contributed by atoms with Crippen LogP contribution in [-0.4, -0.2) is 11.0 Å². The van der Waals surface area contributed by atoms with Gasteiger partial charge in [0.15, 0.2) is 0 Å². The number of fused-ring (bicyclic) bond motifs is 1. The Morgan fingerprint density at radius 2 is 1.86 bits per heavy atom. The molecule has 0 saturated carbocycles. The number of nitrogens with one attached hydrogen (secondary N) is 1. The Bertz CT molecular complexity index is 859. The van der Waals surface area contributed by atoms with Gasteiger partial charge < -0.3 is 10.4 Å². The van der Waals surface area contributed by atoms with Gasteiger partial charge in [-0.25, -0.2) is 0 Å². The number of aromatic hydroxyl groups is 1. The third-order valence-electron chi connectivity index (χ3n) is 3.28. The maximum atomic E-state index is 12.2. The molecule has 0 atom stereocenters. The molecule has 2 N–H and O–H groups in total. The van der Waals surface area contributed by atoms with E-state index in [0.29, 0.717) is 16.8 Å².